The number of nitrogens with zero attached hydrogens (tertiary/aromatic N) is 7. The summed E-state index contributed by atoms with van der Waals surface area (Å²) >= 11 is 1.60. The number of aromatic nitrogens is 7. The number of benzene rings is 1. The number of hydrogen-bond donors (Lipinski definition) is 0. The van der Waals surface area contributed by atoms with E-state index in [-0.39, 0.29) is 0 Å². The third-order valence-electron chi connectivity index (χ3n) is 3.95. The minimum atomic E-state index is 0.663. The number of thioether (sulfide) groups is 1. The van der Waals surface area contributed by atoms with Gasteiger partial charge in [0.1, 0.15) is 0 Å². The second-order valence-electron chi connectivity index (χ2n) is 5.63. The van der Waals surface area contributed by atoms with Crippen LogP contribution in [0.3, 0.4) is 0 Å². The molecule has 0 atom stereocenters. The first-order valence-electron chi connectivity index (χ1n) is 7.89. The predicted octanol–water partition coefficient (Wildman–Crippen LogP) is 2.88. The van der Waals surface area contributed by atoms with Crippen molar-refractivity contribution in [2.75, 3.05) is 0 Å². The number of aryl methyl sites for hydroxylation is 2. The summed E-state index contributed by atoms with van der Waals surface area (Å²) in [6.07, 6.45) is 1.00. The quantitative estimate of drug-likeness (QED) is 0.521. The molecule has 0 aliphatic rings. The minimum Gasteiger partial charge on any atom is -0.270 e. The van der Waals surface area contributed by atoms with Crippen molar-refractivity contribution in [3.05, 3.63) is 41.7 Å². The maximum atomic E-state index is 4.36. The fourth-order valence-electron chi connectivity index (χ4n) is 2.81. The highest BCUT2D eigenvalue weighted by Crippen LogP contribution is 2.27. The molecule has 0 unspecified atom stereocenters. The van der Waals surface area contributed by atoms with Crippen LogP contribution in [-0.2, 0) is 12.3 Å². The standard InChI is InChI=1S/C16H17N7S/c1-3-8-22-15(18-20-21-22)10-24-16-19-17-14-9-11(2)12-6-4-5-7-13(12)23(14)16/h4-7,9H,3,8,10H2,1-2H3. The lowest BCUT2D eigenvalue weighted by molar-refractivity contribution is 0.564. The first-order chi connectivity index (χ1) is 11.8. The fourth-order valence-corrected chi connectivity index (χ4v) is 3.69. The van der Waals surface area contributed by atoms with Crippen molar-refractivity contribution in [1.29, 1.82) is 0 Å². The van der Waals surface area contributed by atoms with Crippen LogP contribution in [0.1, 0.15) is 24.7 Å². The lowest BCUT2D eigenvalue weighted by Crippen LogP contribution is -2.04. The summed E-state index contributed by atoms with van der Waals surface area (Å²) in [4.78, 5) is 0. The summed E-state index contributed by atoms with van der Waals surface area (Å²) in [5, 5.41) is 22.7. The minimum absolute atomic E-state index is 0.663. The Morgan fingerprint density at radius 3 is 2.88 bits per heavy atom. The summed E-state index contributed by atoms with van der Waals surface area (Å²) in [7, 11) is 0. The summed E-state index contributed by atoms with van der Waals surface area (Å²) in [5.41, 5.74) is 3.18. The molecule has 0 radical (unpaired) electrons. The van der Waals surface area contributed by atoms with Gasteiger partial charge in [0.2, 0.25) is 0 Å². The van der Waals surface area contributed by atoms with Crippen LogP contribution in [0.5, 0.6) is 0 Å². The van der Waals surface area contributed by atoms with Crippen molar-refractivity contribution in [2.45, 2.75) is 37.7 Å². The third-order valence-corrected chi connectivity index (χ3v) is 4.87. The molecular weight excluding hydrogens is 322 g/mol. The van der Waals surface area contributed by atoms with E-state index in [0.29, 0.717) is 5.75 Å². The van der Waals surface area contributed by atoms with Gasteiger partial charge < -0.3 is 0 Å². The smallest absolute Gasteiger partial charge is 0.196 e. The van der Waals surface area contributed by atoms with E-state index in [2.05, 4.69) is 68.2 Å². The molecule has 0 N–H and O–H groups in total. The number of fused-ring (bicyclic) bond motifs is 3. The molecule has 0 saturated heterocycles. The molecule has 0 saturated carbocycles. The van der Waals surface area contributed by atoms with E-state index in [1.54, 1.807) is 11.8 Å². The molecule has 1 aromatic carbocycles. The monoisotopic (exact) mass is 339 g/mol. The average molecular weight is 339 g/mol. The highest BCUT2D eigenvalue weighted by Gasteiger charge is 2.13. The zero-order chi connectivity index (χ0) is 16.5. The fraction of sp³-hybridized carbons (Fsp3) is 0.312. The number of rotatable bonds is 5. The Morgan fingerprint density at radius 1 is 1.12 bits per heavy atom. The molecule has 4 aromatic rings. The second kappa shape index (κ2) is 6.20. The Balaban J connectivity index is 1.72. The molecular formula is C16H17N7S. The van der Waals surface area contributed by atoms with Gasteiger partial charge >= 0.3 is 0 Å². The van der Waals surface area contributed by atoms with E-state index in [1.165, 1.54) is 10.9 Å². The van der Waals surface area contributed by atoms with Crippen LogP contribution in [0.25, 0.3) is 16.6 Å². The molecule has 3 aromatic heterocycles. The highest BCUT2D eigenvalue weighted by molar-refractivity contribution is 7.98. The predicted molar refractivity (Wildman–Crippen MR) is 92.9 cm³/mol. The normalized spacial score (nSPS) is 11.6. The molecule has 0 spiro atoms. The van der Waals surface area contributed by atoms with Gasteiger partial charge in [0.05, 0.1) is 11.3 Å². The largest absolute Gasteiger partial charge is 0.270 e. The SMILES string of the molecule is CCCn1nnnc1CSc1nnc2cc(C)c3ccccc3n12. The Bertz CT molecular complexity index is 1000. The third kappa shape index (κ3) is 2.52. The second-order valence-corrected chi connectivity index (χ2v) is 6.57. The van der Waals surface area contributed by atoms with Gasteiger partial charge in [0, 0.05) is 11.9 Å². The first-order valence-corrected chi connectivity index (χ1v) is 8.88. The van der Waals surface area contributed by atoms with E-state index >= 15 is 0 Å². The van der Waals surface area contributed by atoms with Crippen molar-refractivity contribution < 1.29 is 0 Å². The highest BCUT2D eigenvalue weighted by atomic mass is 32.2. The van der Waals surface area contributed by atoms with E-state index in [0.717, 1.165) is 35.1 Å². The number of hydrogen-bond acceptors (Lipinski definition) is 6. The molecule has 0 fully saturated rings. The molecule has 3 heterocycles. The molecule has 0 amide bonds. The molecule has 0 aliphatic carbocycles. The van der Waals surface area contributed by atoms with Gasteiger partial charge in [0.15, 0.2) is 16.6 Å². The van der Waals surface area contributed by atoms with Gasteiger partial charge in [-0.1, -0.05) is 36.9 Å². The topological polar surface area (TPSA) is 73.8 Å². The van der Waals surface area contributed by atoms with Gasteiger partial charge in [-0.2, -0.15) is 0 Å². The van der Waals surface area contributed by atoms with Crippen molar-refractivity contribution in [3.8, 4) is 0 Å². The lowest BCUT2D eigenvalue weighted by atomic mass is 10.1. The van der Waals surface area contributed by atoms with E-state index in [4.69, 9.17) is 0 Å². The van der Waals surface area contributed by atoms with Crippen molar-refractivity contribution in [1.82, 2.24) is 34.8 Å². The first kappa shape index (κ1) is 15.1. The molecule has 0 aliphatic heterocycles. The van der Waals surface area contributed by atoms with Crippen LogP contribution in [0.4, 0.5) is 0 Å². The van der Waals surface area contributed by atoms with Crippen LogP contribution < -0.4 is 0 Å². The van der Waals surface area contributed by atoms with Gasteiger partial charge in [-0.25, -0.2) is 4.68 Å². The van der Waals surface area contributed by atoms with E-state index < -0.39 is 0 Å². The van der Waals surface area contributed by atoms with Crippen molar-refractivity contribution in [2.24, 2.45) is 0 Å². The van der Waals surface area contributed by atoms with Gasteiger partial charge in [0.25, 0.3) is 0 Å². The summed E-state index contributed by atoms with van der Waals surface area (Å²) in [6, 6.07) is 10.4. The number of tetrazole rings is 1. The maximum absolute atomic E-state index is 4.36. The zero-order valence-corrected chi connectivity index (χ0v) is 14.4. The molecule has 4 rings (SSSR count). The van der Waals surface area contributed by atoms with Gasteiger partial charge in [-0.05, 0) is 41.5 Å². The van der Waals surface area contributed by atoms with E-state index in [9.17, 15) is 0 Å². The van der Waals surface area contributed by atoms with Crippen LogP contribution in [0.15, 0.2) is 35.5 Å². The Kier molecular flexibility index (Phi) is 3.89. The Morgan fingerprint density at radius 2 is 2.00 bits per heavy atom. The zero-order valence-electron chi connectivity index (χ0n) is 13.5. The van der Waals surface area contributed by atoms with Crippen LogP contribution in [-0.4, -0.2) is 34.8 Å². The van der Waals surface area contributed by atoms with Crippen molar-refractivity contribution in [3.63, 3.8) is 0 Å². The number of pyridine rings is 1. The molecule has 7 nitrogen and oxygen atoms in total. The number of para-hydroxylation sites is 1. The van der Waals surface area contributed by atoms with Crippen LogP contribution >= 0.6 is 11.8 Å². The summed E-state index contributed by atoms with van der Waals surface area (Å²) < 4.78 is 3.94. The van der Waals surface area contributed by atoms with E-state index in [1.807, 2.05) is 10.7 Å². The van der Waals surface area contributed by atoms with Gasteiger partial charge in [-0.3, -0.25) is 4.40 Å². The molecule has 122 valence electrons. The molecule has 8 heteroatoms. The Labute approximate surface area is 143 Å². The molecule has 0 bridgehead atoms. The molecule has 24 heavy (non-hydrogen) atoms. The Hall–Kier alpha value is -2.48. The van der Waals surface area contributed by atoms with Crippen LogP contribution in [0, 0.1) is 6.92 Å². The van der Waals surface area contributed by atoms with Crippen molar-refractivity contribution >= 4 is 28.3 Å². The maximum Gasteiger partial charge on any atom is 0.196 e. The summed E-state index contributed by atoms with van der Waals surface area (Å²) in [6.45, 7) is 5.04. The summed E-state index contributed by atoms with van der Waals surface area (Å²) in [5.74, 6) is 1.52. The van der Waals surface area contributed by atoms with Gasteiger partial charge in [-0.15, -0.1) is 15.3 Å². The lowest BCUT2D eigenvalue weighted by Gasteiger charge is -2.07. The average Bonchev–Trinajstić information content (AvgIpc) is 3.20. The van der Waals surface area contributed by atoms with Crippen LogP contribution in [0.2, 0.25) is 0 Å².